The summed E-state index contributed by atoms with van der Waals surface area (Å²) in [6.45, 7) is 0.562. The molecule has 0 saturated heterocycles. The van der Waals surface area contributed by atoms with E-state index in [-0.39, 0.29) is 5.91 Å². The first-order chi connectivity index (χ1) is 12.1. The molecule has 2 aromatic carbocycles. The number of nitrogens with zero attached hydrogens (tertiary/aromatic N) is 4. The van der Waals surface area contributed by atoms with Crippen LogP contribution in [-0.2, 0) is 11.3 Å². The molecule has 0 fully saturated rings. The van der Waals surface area contributed by atoms with Crippen molar-refractivity contribution in [3.8, 4) is 5.69 Å². The SMILES string of the molecule is CN(Cc1ccccc1Br)C(=O)CSc1nncn1-c1ccccc1. The van der Waals surface area contributed by atoms with Crippen LogP contribution in [0.4, 0.5) is 0 Å². The van der Waals surface area contributed by atoms with E-state index in [1.807, 2.05) is 66.2 Å². The first-order valence-corrected chi connectivity index (χ1v) is 9.48. The number of hydrogen-bond donors (Lipinski definition) is 0. The van der Waals surface area contributed by atoms with Crippen molar-refractivity contribution in [3.63, 3.8) is 0 Å². The lowest BCUT2D eigenvalue weighted by Crippen LogP contribution is -2.28. The zero-order chi connectivity index (χ0) is 17.6. The van der Waals surface area contributed by atoms with Gasteiger partial charge in [-0.15, -0.1) is 10.2 Å². The fraction of sp³-hybridized carbons (Fsp3) is 0.167. The molecule has 0 atom stereocenters. The van der Waals surface area contributed by atoms with Crippen molar-refractivity contribution >= 4 is 33.6 Å². The van der Waals surface area contributed by atoms with E-state index in [1.54, 1.807) is 11.2 Å². The largest absolute Gasteiger partial charge is 0.341 e. The second-order valence-corrected chi connectivity index (χ2v) is 7.25. The van der Waals surface area contributed by atoms with Crippen molar-refractivity contribution in [2.24, 2.45) is 0 Å². The maximum Gasteiger partial charge on any atom is 0.233 e. The highest BCUT2D eigenvalue weighted by atomic mass is 79.9. The first kappa shape index (κ1) is 17.7. The Morgan fingerprint density at radius 2 is 1.88 bits per heavy atom. The predicted molar refractivity (Wildman–Crippen MR) is 103 cm³/mol. The normalized spacial score (nSPS) is 10.6. The smallest absolute Gasteiger partial charge is 0.233 e. The van der Waals surface area contributed by atoms with Crippen LogP contribution < -0.4 is 0 Å². The van der Waals surface area contributed by atoms with E-state index in [1.165, 1.54) is 11.8 Å². The van der Waals surface area contributed by atoms with Crippen LogP contribution in [0.3, 0.4) is 0 Å². The molecule has 0 unspecified atom stereocenters. The Bertz CT molecular complexity index is 853. The molecule has 7 heteroatoms. The third-order valence-electron chi connectivity index (χ3n) is 3.67. The van der Waals surface area contributed by atoms with Crippen LogP contribution in [0.5, 0.6) is 0 Å². The third-order valence-corrected chi connectivity index (χ3v) is 5.37. The van der Waals surface area contributed by atoms with E-state index in [0.29, 0.717) is 17.5 Å². The van der Waals surface area contributed by atoms with E-state index in [9.17, 15) is 4.79 Å². The number of rotatable bonds is 6. The summed E-state index contributed by atoms with van der Waals surface area (Å²) in [4.78, 5) is 14.2. The number of halogens is 1. The lowest BCUT2D eigenvalue weighted by molar-refractivity contribution is -0.127. The van der Waals surface area contributed by atoms with Gasteiger partial charge in [0.15, 0.2) is 5.16 Å². The van der Waals surface area contributed by atoms with Gasteiger partial charge in [-0.05, 0) is 23.8 Å². The van der Waals surface area contributed by atoms with Gasteiger partial charge in [-0.2, -0.15) is 0 Å². The quantitative estimate of drug-likeness (QED) is 0.573. The fourth-order valence-electron chi connectivity index (χ4n) is 2.30. The zero-order valence-electron chi connectivity index (χ0n) is 13.7. The Labute approximate surface area is 159 Å². The van der Waals surface area contributed by atoms with Crippen LogP contribution >= 0.6 is 27.7 Å². The molecule has 3 aromatic rings. The van der Waals surface area contributed by atoms with E-state index >= 15 is 0 Å². The number of carbonyl (C=O) groups is 1. The van der Waals surface area contributed by atoms with Gasteiger partial charge in [0.1, 0.15) is 6.33 Å². The second kappa shape index (κ2) is 8.31. The summed E-state index contributed by atoms with van der Waals surface area (Å²) in [6.07, 6.45) is 1.66. The Morgan fingerprint density at radius 3 is 2.64 bits per heavy atom. The van der Waals surface area contributed by atoms with Gasteiger partial charge in [0.25, 0.3) is 0 Å². The van der Waals surface area contributed by atoms with Gasteiger partial charge in [-0.25, -0.2) is 0 Å². The van der Waals surface area contributed by atoms with Gasteiger partial charge in [-0.1, -0.05) is 64.1 Å². The van der Waals surface area contributed by atoms with Crippen molar-refractivity contribution in [1.82, 2.24) is 19.7 Å². The van der Waals surface area contributed by atoms with Crippen LogP contribution in [0.2, 0.25) is 0 Å². The van der Waals surface area contributed by atoms with E-state index in [4.69, 9.17) is 0 Å². The lowest BCUT2D eigenvalue weighted by Gasteiger charge is -2.18. The van der Waals surface area contributed by atoms with Crippen molar-refractivity contribution in [2.45, 2.75) is 11.7 Å². The molecule has 5 nitrogen and oxygen atoms in total. The summed E-state index contributed by atoms with van der Waals surface area (Å²) in [5.74, 6) is 0.357. The molecule has 0 aliphatic heterocycles. The monoisotopic (exact) mass is 416 g/mol. The molecule has 0 aliphatic carbocycles. The van der Waals surface area contributed by atoms with Crippen molar-refractivity contribution in [3.05, 3.63) is 71.0 Å². The van der Waals surface area contributed by atoms with Crippen LogP contribution in [-0.4, -0.2) is 38.4 Å². The topological polar surface area (TPSA) is 51.0 Å². The molecule has 0 aliphatic rings. The number of amides is 1. The van der Waals surface area contributed by atoms with Crippen molar-refractivity contribution in [1.29, 1.82) is 0 Å². The lowest BCUT2D eigenvalue weighted by atomic mass is 10.2. The van der Waals surface area contributed by atoms with Gasteiger partial charge in [0.2, 0.25) is 5.91 Å². The molecule has 0 N–H and O–H groups in total. The molecule has 0 spiro atoms. The fourth-order valence-corrected chi connectivity index (χ4v) is 3.57. The highest BCUT2D eigenvalue weighted by molar-refractivity contribution is 9.10. The molecular formula is C18H17BrN4OS. The standard InChI is InChI=1S/C18H17BrN4OS/c1-22(11-14-7-5-6-10-16(14)19)17(24)12-25-18-21-20-13-23(18)15-8-3-2-4-9-15/h2-10,13H,11-12H2,1H3. The van der Waals surface area contributed by atoms with Gasteiger partial charge < -0.3 is 4.90 Å². The van der Waals surface area contributed by atoms with E-state index in [0.717, 1.165) is 15.7 Å². The summed E-state index contributed by atoms with van der Waals surface area (Å²) >= 11 is 4.90. The van der Waals surface area contributed by atoms with E-state index < -0.39 is 0 Å². The van der Waals surface area contributed by atoms with Gasteiger partial charge in [0.05, 0.1) is 5.75 Å². The van der Waals surface area contributed by atoms with Gasteiger partial charge in [-0.3, -0.25) is 9.36 Å². The summed E-state index contributed by atoms with van der Waals surface area (Å²) in [7, 11) is 1.81. The Morgan fingerprint density at radius 1 is 1.16 bits per heavy atom. The molecule has 0 radical (unpaired) electrons. The van der Waals surface area contributed by atoms with Gasteiger partial charge in [0, 0.05) is 23.8 Å². The highest BCUT2D eigenvalue weighted by Gasteiger charge is 2.14. The summed E-state index contributed by atoms with van der Waals surface area (Å²) < 4.78 is 2.89. The predicted octanol–water partition coefficient (Wildman–Crippen LogP) is 3.78. The Kier molecular flexibility index (Phi) is 5.88. The number of thioether (sulfide) groups is 1. The summed E-state index contributed by atoms with van der Waals surface area (Å²) in [6, 6.07) is 17.7. The summed E-state index contributed by atoms with van der Waals surface area (Å²) in [5.41, 5.74) is 2.06. The molecule has 1 heterocycles. The minimum Gasteiger partial charge on any atom is -0.341 e. The third kappa shape index (κ3) is 4.49. The molecule has 128 valence electrons. The molecule has 1 amide bonds. The number of carbonyl (C=O) groups excluding carboxylic acids is 1. The molecule has 25 heavy (non-hydrogen) atoms. The maximum absolute atomic E-state index is 12.4. The molecular weight excluding hydrogens is 400 g/mol. The maximum atomic E-state index is 12.4. The number of benzene rings is 2. The van der Waals surface area contributed by atoms with Crippen LogP contribution in [0.1, 0.15) is 5.56 Å². The van der Waals surface area contributed by atoms with Crippen molar-refractivity contribution in [2.75, 3.05) is 12.8 Å². The highest BCUT2D eigenvalue weighted by Crippen LogP contribution is 2.21. The van der Waals surface area contributed by atoms with Crippen LogP contribution in [0.25, 0.3) is 5.69 Å². The average molecular weight is 417 g/mol. The first-order valence-electron chi connectivity index (χ1n) is 7.71. The van der Waals surface area contributed by atoms with Crippen molar-refractivity contribution < 1.29 is 4.79 Å². The Balaban J connectivity index is 1.61. The molecule has 3 rings (SSSR count). The molecule has 1 aromatic heterocycles. The minimum atomic E-state index is 0.0448. The van der Waals surface area contributed by atoms with Crippen LogP contribution in [0.15, 0.2) is 70.6 Å². The summed E-state index contributed by atoms with van der Waals surface area (Å²) in [5, 5.41) is 8.78. The van der Waals surface area contributed by atoms with Gasteiger partial charge >= 0.3 is 0 Å². The molecule has 0 bridgehead atoms. The number of hydrogen-bond acceptors (Lipinski definition) is 4. The van der Waals surface area contributed by atoms with E-state index in [2.05, 4.69) is 26.1 Å². The second-order valence-electron chi connectivity index (χ2n) is 5.45. The Hall–Kier alpha value is -2.12. The van der Waals surface area contributed by atoms with Crippen LogP contribution in [0, 0.1) is 0 Å². The average Bonchev–Trinajstić information content (AvgIpc) is 3.11. The minimum absolute atomic E-state index is 0.0448. The molecule has 0 saturated carbocycles. The number of para-hydroxylation sites is 1. The number of aromatic nitrogens is 3. The zero-order valence-corrected chi connectivity index (χ0v) is 16.1.